The van der Waals surface area contributed by atoms with Gasteiger partial charge in [0.2, 0.25) is 0 Å². The fourth-order valence-corrected chi connectivity index (χ4v) is 4.28. The van der Waals surface area contributed by atoms with Crippen LogP contribution in [0, 0.1) is 6.92 Å². The van der Waals surface area contributed by atoms with E-state index in [-0.39, 0.29) is 5.97 Å². The second-order valence-corrected chi connectivity index (χ2v) is 7.94. The van der Waals surface area contributed by atoms with Crippen LogP contribution in [0.25, 0.3) is 27.9 Å². The predicted molar refractivity (Wildman–Crippen MR) is 129 cm³/mol. The molecule has 33 heavy (non-hydrogen) atoms. The van der Waals surface area contributed by atoms with Gasteiger partial charge in [0.1, 0.15) is 17.1 Å². The van der Waals surface area contributed by atoms with Crippen LogP contribution in [0.15, 0.2) is 72.9 Å². The summed E-state index contributed by atoms with van der Waals surface area (Å²) in [6.45, 7) is 4.87. The van der Waals surface area contributed by atoms with Gasteiger partial charge in [0.05, 0.1) is 25.0 Å². The van der Waals surface area contributed by atoms with E-state index in [0.717, 1.165) is 39.3 Å². The minimum atomic E-state index is -0.339. The summed E-state index contributed by atoms with van der Waals surface area (Å²) in [4.78, 5) is 17.1. The number of imidazole rings is 1. The molecule has 0 aliphatic carbocycles. The van der Waals surface area contributed by atoms with Crippen LogP contribution in [-0.4, -0.2) is 33.6 Å². The number of esters is 1. The topological polar surface area (TPSA) is 57.8 Å². The third-order valence-electron chi connectivity index (χ3n) is 5.90. The van der Waals surface area contributed by atoms with E-state index in [1.165, 1.54) is 0 Å². The summed E-state index contributed by atoms with van der Waals surface area (Å²) in [5.74, 6) is 0.496. The Bertz CT molecular complexity index is 1480. The molecule has 0 atom stereocenters. The first-order valence-corrected chi connectivity index (χ1v) is 11.0. The molecule has 166 valence electrons. The van der Waals surface area contributed by atoms with E-state index in [9.17, 15) is 4.79 Å². The summed E-state index contributed by atoms with van der Waals surface area (Å²) in [5.41, 5.74) is 6.41. The van der Waals surface area contributed by atoms with Crippen LogP contribution in [0.3, 0.4) is 0 Å². The van der Waals surface area contributed by atoms with Gasteiger partial charge >= 0.3 is 5.97 Å². The number of nitrogens with zero attached hydrogens (tertiary/aromatic N) is 3. The molecule has 3 heterocycles. The molecular formula is C27H25N3O3. The summed E-state index contributed by atoms with van der Waals surface area (Å²) in [6, 6.07) is 22.2. The van der Waals surface area contributed by atoms with Crippen molar-refractivity contribution in [2.24, 2.45) is 0 Å². The van der Waals surface area contributed by atoms with Gasteiger partial charge in [-0.15, -0.1) is 0 Å². The largest absolute Gasteiger partial charge is 0.497 e. The molecule has 0 N–H and O–H groups in total. The van der Waals surface area contributed by atoms with Crippen molar-refractivity contribution in [3.8, 4) is 17.1 Å². The van der Waals surface area contributed by atoms with Crippen LogP contribution >= 0.6 is 0 Å². The Labute approximate surface area is 192 Å². The van der Waals surface area contributed by atoms with E-state index >= 15 is 0 Å². The van der Waals surface area contributed by atoms with Crippen molar-refractivity contribution in [1.82, 2.24) is 14.0 Å². The number of fused-ring (bicyclic) bond motifs is 2. The van der Waals surface area contributed by atoms with Crippen molar-refractivity contribution in [3.63, 3.8) is 0 Å². The highest BCUT2D eigenvalue weighted by Gasteiger charge is 2.18. The van der Waals surface area contributed by atoms with Crippen molar-refractivity contribution < 1.29 is 14.3 Å². The van der Waals surface area contributed by atoms with Gasteiger partial charge in [-0.3, -0.25) is 0 Å². The van der Waals surface area contributed by atoms with Gasteiger partial charge in [0.25, 0.3) is 0 Å². The second kappa shape index (κ2) is 8.47. The first kappa shape index (κ1) is 20.8. The summed E-state index contributed by atoms with van der Waals surface area (Å²) in [6.07, 6.45) is 1.88. The normalized spacial score (nSPS) is 11.2. The lowest BCUT2D eigenvalue weighted by Gasteiger charge is -2.11. The Morgan fingerprint density at radius 1 is 1.03 bits per heavy atom. The number of benzene rings is 2. The number of hydrogen-bond acceptors (Lipinski definition) is 4. The van der Waals surface area contributed by atoms with Gasteiger partial charge in [-0.1, -0.05) is 30.3 Å². The van der Waals surface area contributed by atoms with Gasteiger partial charge < -0.3 is 18.4 Å². The van der Waals surface area contributed by atoms with E-state index in [1.807, 2.05) is 35.7 Å². The number of carbonyl (C=O) groups excluding carboxylic acids is 1. The van der Waals surface area contributed by atoms with Crippen LogP contribution in [0.5, 0.6) is 5.75 Å². The van der Waals surface area contributed by atoms with Crippen LogP contribution in [0.1, 0.15) is 28.5 Å². The van der Waals surface area contributed by atoms with E-state index in [4.69, 9.17) is 14.5 Å². The maximum atomic E-state index is 12.2. The molecule has 0 spiro atoms. The number of para-hydroxylation sites is 1. The quantitative estimate of drug-likeness (QED) is 0.328. The second-order valence-electron chi connectivity index (χ2n) is 7.94. The average Bonchev–Trinajstić information content (AvgIpc) is 3.36. The maximum absolute atomic E-state index is 12.2. The van der Waals surface area contributed by atoms with E-state index in [0.29, 0.717) is 24.4 Å². The Balaban J connectivity index is 1.65. The lowest BCUT2D eigenvalue weighted by atomic mass is 10.2. The summed E-state index contributed by atoms with van der Waals surface area (Å²) in [5, 5.41) is 1.15. The number of aryl methyl sites for hydroxylation is 1. The molecule has 0 radical (unpaired) electrons. The van der Waals surface area contributed by atoms with Crippen molar-refractivity contribution in [2.75, 3.05) is 13.7 Å². The van der Waals surface area contributed by atoms with Crippen molar-refractivity contribution in [1.29, 1.82) is 0 Å². The van der Waals surface area contributed by atoms with Gasteiger partial charge in [-0.2, -0.15) is 0 Å². The smallest absolute Gasteiger partial charge is 0.338 e. The van der Waals surface area contributed by atoms with Crippen LogP contribution in [0.4, 0.5) is 0 Å². The first-order valence-electron chi connectivity index (χ1n) is 11.0. The molecule has 0 saturated carbocycles. The van der Waals surface area contributed by atoms with Crippen molar-refractivity contribution in [2.45, 2.75) is 20.4 Å². The monoisotopic (exact) mass is 439 g/mol. The lowest BCUT2D eigenvalue weighted by Crippen LogP contribution is -2.05. The average molecular weight is 440 g/mol. The number of aromatic nitrogens is 3. The Hall–Kier alpha value is -4.06. The molecule has 0 amide bonds. The Morgan fingerprint density at radius 3 is 2.70 bits per heavy atom. The molecule has 5 aromatic rings. The van der Waals surface area contributed by atoms with Gasteiger partial charge in [-0.25, -0.2) is 9.78 Å². The van der Waals surface area contributed by atoms with Crippen LogP contribution in [0.2, 0.25) is 0 Å². The molecule has 0 saturated heterocycles. The van der Waals surface area contributed by atoms with Crippen molar-refractivity contribution in [3.05, 3.63) is 89.7 Å². The lowest BCUT2D eigenvalue weighted by molar-refractivity contribution is 0.0526. The molecule has 2 aromatic carbocycles. The highest BCUT2D eigenvalue weighted by atomic mass is 16.5. The number of ether oxygens (including phenoxy) is 2. The third-order valence-corrected chi connectivity index (χ3v) is 5.90. The highest BCUT2D eigenvalue weighted by Crippen LogP contribution is 2.32. The van der Waals surface area contributed by atoms with Crippen molar-refractivity contribution >= 4 is 22.5 Å². The number of methoxy groups -OCH3 is 1. The first-order chi connectivity index (χ1) is 16.1. The predicted octanol–water partition coefficient (Wildman–Crippen LogP) is 5.50. The molecule has 5 rings (SSSR count). The third kappa shape index (κ3) is 3.74. The zero-order valence-corrected chi connectivity index (χ0v) is 18.9. The van der Waals surface area contributed by atoms with E-state index < -0.39 is 0 Å². The SMILES string of the molecule is CCOC(=O)c1ccn2c(C)c(-c3cc4ccccc4n3Cc3cccc(OC)c3)nc2c1. The zero-order valence-electron chi connectivity index (χ0n) is 18.9. The number of rotatable bonds is 6. The van der Waals surface area contributed by atoms with Crippen LogP contribution in [-0.2, 0) is 11.3 Å². The summed E-state index contributed by atoms with van der Waals surface area (Å²) in [7, 11) is 1.68. The molecule has 3 aromatic heterocycles. The van der Waals surface area contributed by atoms with Crippen LogP contribution < -0.4 is 4.74 Å². The minimum absolute atomic E-state index is 0.339. The molecule has 0 aliphatic heterocycles. The number of carbonyl (C=O) groups is 1. The molecule has 0 bridgehead atoms. The summed E-state index contributed by atoms with van der Waals surface area (Å²) < 4.78 is 14.9. The molecule has 0 aliphatic rings. The molecule has 6 heteroatoms. The molecule has 0 unspecified atom stereocenters. The van der Waals surface area contributed by atoms with Gasteiger partial charge in [0.15, 0.2) is 0 Å². The number of hydrogen-bond donors (Lipinski definition) is 0. The summed E-state index contributed by atoms with van der Waals surface area (Å²) >= 11 is 0. The zero-order chi connectivity index (χ0) is 22.9. The minimum Gasteiger partial charge on any atom is -0.497 e. The fourth-order valence-electron chi connectivity index (χ4n) is 4.28. The van der Waals surface area contributed by atoms with Gasteiger partial charge in [0, 0.05) is 29.3 Å². The standard InChI is InChI=1S/C27H25N3O3/c1-4-33-27(31)21-12-13-29-18(2)26(28-25(29)16-21)24-15-20-9-5-6-11-23(20)30(24)17-19-8-7-10-22(14-19)32-3/h5-16H,4,17H2,1-3H3. The maximum Gasteiger partial charge on any atom is 0.338 e. The van der Waals surface area contributed by atoms with E-state index in [1.54, 1.807) is 26.2 Å². The Kier molecular flexibility index (Phi) is 5.34. The molecular weight excluding hydrogens is 414 g/mol. The molecule has 0 fully saturated rings. The highest BCUT2D eigenvalue weighted by molar-refractivity contribution is 5.91. The fraction of sp³-hybridized carbons (Fsp3) is 0.185. The Morgan fingerprint density at radius 2 is 1.88 bits per heavy atom. The van der Waals surface area contributed by atoms with Gasteiger partial charge in [-0.05, 0) is 55.8 Å². The van der Waals surface area contributed by atoms with E-state index in [2.05, 4.69) is 41.0 Å². The molecule has 6 nitrogen and oxygen atoms in total. The number of pyridine rings is 1.